The van der Waals surface area contributed by atoms with E-state index >= 15 is 0 Å². The molecule has 5 nitrogen and oxygen atoms in total. The van der Waals surface area contributed by atoms with Gasteiger partial charge >= 0.3 is 0 Å². The van der Waals surface area contributed by atoms with Crippen LogP contribution in [0.4, 0.5) is 0 Å². The maximum absolute atomic E-state index is 6.07. The second-order valence-electron chi connectivity index (χ2n) is 2.78. The molecule has 0 saturated carbocycles. The third kappa shape index (κ3) is 2.73. The maximum Gasteiger partial charge on any atom is 0.159 e. The van der Waals surface area contributed by atoms with Crippen LogP contribution in [0.15, 0.2) is 0 Å². The fourth-order valence-corrected chi connectivity index (χ4v) is 6.99. The SMILES string of the molecule is CN(C)n1[pH]npn(Cl)p1N(C)C. The van der Waals surface area contributed by atoms with Gasteiger partial charge in [0.25, 0.3) is 0 Å². The van der Waals surface area contributed by atoms with Crippen molar-refractivity contribution in [1.82, 2.24) is 12.3 Å². The lowest BCUT2D eigenvalue weighted by molar-refractivity contribution is 0.846. The molecule has 0 saturated heterocycles. The highest BCUT2D eigenvalue weighted by Crippen LogP contribution is 2.33. The molecule has 1 heterocycles. The Bertz CT molecular complexity index is 306. The Kier molecular flexibility index (Phi) is 4.31. The van der Waals surface area contributed by atoms with E-state index in [1.807, 2.05) is 33.2 Å². The summed E-state index contributed by atoms with van der Waals surface area (Å²) >= 11 is 6.07. The van der Waals surface area contributed by atoms with Crippen LogP contribution in [0.2, 0.25) is 0 Å². The summed E-state index contributed by atoms with van der Waals surface area (Å²) in [5, 5.41) is 2.04. The highest BCUT2D eigenvalue weighted by atomic mass is 35.5. The fourth-order valence-electron chi connectivity index (χ4n) is 0.809. The van der Waals surface area contributed by atoms with Gasteiger partial charge in [-0.2, -0.15) is 8.12 Å². The molecule has 0 spiro atoms. The van der Waals surface area contributed by atoms with Gasteiger partial charge in [0.05, 0.1) is 8.51 Å². The van der Waals surface area contributed by atoms with Gasteiger partial charge < -0.3 is 0 Å². The molecule has 1 aromatic rings. The zero-order chi connectivity index (χ0) is 10.0. The first kappa shape index (κ1) is 11.6. The minimum atomic E-state index is -0.597. The molecule has 0 aliphatic carbocycles. The number of hydrogen-bond donors (Lipinski definition) is 0. The highest BCUT2D eigenvalue weighted by molar-refractivity contribution is 7.57. The first-order chi connectivity index (χ1) is 6.04. The van der Waals surface area contributed by atoms with Gasteiger partial charge in [-0.25, -0.2) is 13.9 Å². The van der Waals surface area contributed by atoms with Crippen LogP contribution >= 0.6 is 36.8 Å². The second-order valence-corrected chi connectivity index (χ2v) is 8.40. The lowest BCUT2D eigenvalue weighted by atomic mass is 11.2. The van der Waals surface area contributed by atoms with Gasteiger partial charge in [0, 0.05) is 25.9 Å². The Morgan fingerprint density at radius 1 is 1.38 bits per heavy atom. The molecule has 0 N–H and O–H groups in total. The third-order valence-electron chi connectivity index (χ3n) is 1.31. The van der Waals surface area contributed by atoms with Crippen molar-refractivity contribution in [3.05, 3.63) is 0 Å². The average molecular weight is 260 g/mol. The quantitative estimate of drug-likeness (QED) is 0.811. The summed E-state index contributed by atoms with van der Waals surface area (Å²) in [5.74, 6) is 0. The van der Waals surface area contributed by atoms with Crippen LogP contribution in [0.3, 0.4) is 0 Å². The molecule has 1 aromatic heterocycles. The van der Waals surface area contributed by atoms with Crippen LogP contribution in [0.25, 0.3) is 0 Å². The third-order valence-corrected chi connectivity index (χ3v) is 6.59. The van der Waals surface area contributed by atoms with Crippen molar-refractivity contribution >= 4 is 36.8 Å². The van der Waals surface area contributed by atoms with Crippen LogP contribution in [-0.2, 0) is 0 Å². The van der Waals surface area contributed by atoms with Crippen molar-refractivity contribution in [3.8, 4) is 0 Å². The molecule has 0 bridgehead atoms. The monoisotopic (exact) mass is 259 g/mol. The van der Waals surface area contributed by atoms with E-state index in [4.69, 9.17) is 11.8 Å². The predicted molar refractivity (Wildman–Crippen MR) is 63.9 cm³/mol. The molecule has 13 heavy (non-hydrogen) atoms. The Morgan fingerprint density at radius 3 is 2.38 bits per heavy atom. The molecule has 1 rings (SSSR count). The normalized spacial score (nSPS) is 13.9. The van der Waals surface area contributed by atoms with E-state index in [2.05, 4.69) is 13.4 Å². The van der Waals surface area contributed by atoms with Crippen LogP contribution in [0, 0.1) is 0 Å². The van der Waals surface area contributed by atoms with E-state index in [1.165, 1.54) is 0 Å². The van der Waals surface area contributed by atoms with Gasteiger partial charge in [-0.05, 0) is 14.1 Å². The number of aromatic nitrogens is 3. The number of hydrogen-bond acceptors (Lipinski definition) is 3. The van der Waals surface area contributed by atoms with Gasteiger partial charge in [-0.3, -0.25) is 0 Å². The Hall–Kier alpha value is 0.510. The molecule has 2 unspecified atom stereocenters. The van der Waals surface area contributed by atoms with Gasteiger partial charge in [0.15, 0.2) is 8.51 Å². The summed E-state index contributed by atoms with van der Waals surface area (Å²) in [6.45, 7) is 0. The van der Waals surface area contributed by atoms with E-state index in [9.17, 15) is 0 Å². The number of nitrogens with zero attached hydrogens (tertiary/aromatic N) is 5. The van der Waals surface area contributed by atoms with Crippen molar-refractivity contribution in [1.29, 1.82) is 0 Å². The van der Waals surface area contributed by atoms with Crippen molar-refractivity contribution in [3.63, 3.8) is 0 Å². The lowest BCUT2D eigenvalue weighted by Crippen LogP contribution is -2.25. The fraction of sp³-hybridized carbons (Fsp3) is 1.00. The van der Waals surface area contributed by atoms with Crippen molar-refractivity contribution in [2.24, 2.45) is 0 Å². The zero-order valence-electron chi connectivity index (χ0n) is 8.01. The predicted octanol–water partition coefficient (Wildman–Crippen LogP) is 1.80. The number of halogens is 1. The molecular weight excluding hydrogens is 246 g/mol. The smallest absolute Gasteiger partial charge is 0.159 e. The topological polar surface area (TPSA) is 29.2 Å². The second kappa shape index (κ2) is 4.84. The molecule has 76 valence electrons. The molecule has 0 radical (unpaired) electrons. The molecule has 0 aliphatic heterocycles. The Balaban J connectivity index is 3.26. The van der Waals surface area contributed by atoms with Crippen molar-refractivity contribution in [2.45, 2.75) is 0 Å². The summed E-state index contributed by atoms with van der Waals surface area (Å²) in [7, 11) is 8.80. The lowest BCUT2D eigenvalue weighted by Gasteiger charge is -2.23. The van der Waals surface area contributed by atoms with Crippen LogP contribution < -0.4 is 9.68 Å². The van der Waals surface area contributed by atoms with E-state index in [0.717, 1.165) is 8.51 Å². The molecule has 0 amide bonds. The minimum Gasteiger partial charge on any atom is -0.238 e. The van der Waals surface area contributed by atoms with E-state index in [0.29, 0.717) is 8.51 Å². The Labute approximate surface area is 87.4 Å². The van der Waals surface area contributed by atoms with Crippen molar-refractivity contribution in [2.75, 3.05) is 37.9 Å². The Morgan fingerprint density at radius 2 is 2.00 bits per heavy atom. The molecule has 2 atom stereocenters. The van der Waals surface area contributed by atoms with Gasteiger partial charge in [-0.1, -0.05) is 0 Å². The first-order valence-corrected chi connectivity index (χ1v) is 6.84. The van der Waals surface area contributed by atoms with Gasteiger partial charge in [0.1, 0.15) is 8.00 Å². The largest absolute Gasteiger partial charge is 0.238 e. The summed E-state index contributed by atoms with van der Waals surface area (Å²) < 4.78 is 10.3. The maximum atomic E-state index is 6.07. The standard InChI is InChI=1S/C4H13ClN5P3/c1-7(2)10-12-6-11-9(5)13(10)8(3)4/h12H,1-4H3. The van der Waals surface area contributed by atoms with E-state index in [-0.39, 0.29) is 0 Å². The van der Waals surface area contributed by atoms with Crippen LogP contribution in [-0.4, -0.2) is 40.5 Å². The van der Waals surface area contributed by atoms with Crippen molar-refractivity contribution < 1.29 is 0 Å². The average Bonchev–Trinajstić information content (AvgIpc) is 2.02. The molecule has 0 aromatic carbocycles. The highest BCUT2D eigenvalue weighted by Gasteiger charge is 2.07. The summed E-state index contributed by atoms with van der Waals surface area (Å²) in [6, 6.07) is 0. The minimum absolute atomic E-state index is 0.465. The first-order valence-electron chi connectivity index (χ1n) is 3.61. The van der Waals surface area contributed by atoms with Gasteiger partial charge in [-0.15, -0.1) is 0 Å². The molecule has 0 aliphatic rings. The molecule has 0 fully saturated rings. The number of rotatable bonds is 2. The summed E-state index contributed by atoms with van der Waals surface area (Å²) in [5.41, 5.74) is 0. The summed E-state index contributed by atoms with van der Waals surface area (Å²) in [6.07, 6.45) is 0. The molecule has 9 heteroatoms. The van der Waals surface area contributed by atoms with Crippen LogP contribution in [0.5, 0.6) is 0 Å². The summed E-state index contributed by atoms with van der Waals surface area (Å²) in [4.78, 5) is 0. The molecular formula is C4H13ClN5P3. The zero-order valence-corrected chi connectivity index (χ0v) is 11.6. The van der Waals surface area contributed by atoms with Gasteiger partial charge in [0.2, 0.25) is 0 Å². The van der Waals surface area contributed by atoms with Crippen LogP contribution in [0.1, 0.15) is 0 Å². The van der Waals surface area contributed by atoms with E-state index in [1.54, 1.807) is 3.61 Å². The van der Waals surface area contributed by atoms with E-state index < -0.39 is 8.00 Å².